The third-order valence-electron chi connectivity index (χ3n) is 4.55. The zero-order valence-corrected chi connectivity index (χ0v) is 16.1. The van der Waals surface area contributed by atoms with Crippen LogP contribution in [0.4, 0.5) is 4.39 Å². The second-order valence-electron chi connectivity index (χ2n) is 6.83. The monoisotopic (exact) mass is 389 g/mol. The van der Waals surface area contributed by atoms with Crippen molar-refractivity contribution >= 4 is 28.8 Å². The molecule has 3 rings (SSSR count). The normalized spacial score (nSPS) is 19.3. The average molecular weight is 389 g/mol. The summed E-state index contributed by atoms with van der Waals surface area (Å²) in [5, 5.41) is 12.6. The molecule has 0 unspecified atom stereocenters. The first-order valence-corrected chi connectivity index (χ1v) is 9.65. The molecule has 0 radical (unpaired) electrons. The molecule has 1 aliphatic heterocycles. The molecule has 1 atom stereocenters. The number of nitrogens with zero attached hydrogens (tertiary/aromatic N) is 1. The summed E-state index contributed by atoms with van der Waals surface area (Å²) in [6.07, 6.45) is 0.744. The molecular weight excluding hydrogens is 367 g/mol. The predicted octanol–water partition coefficient (Wildman–Crippen LogP) is 1.84. The lowest BCUT2D eigenvalue weighted by Gasteiger charge is -2.24. The second-order valence-corrected chi connectivity index (χ2v) is 7.80. The van der Waals surface area contributed by atoms with Crippen LogP contribution in [0.3, 0.4) is 0 Å². The van der Waals surface area contributed by atoms with Crippen molar-refractivity contribution in [1.82, 2.24) is 4.90 Å². The van der Waals surface area contributed by atoms with Gasteiger partial charge in [0, 0.05) is 23.4 Å². The molecular formula is C20H22FN2O3S+. The fraction of sp³-hybridized carbons (Fsp3) is 0.300. The quantitative estimate of drug-likeness (QED) is 0.450. The van der Waals surface area contributed by atoms with Gasteiger partial charge in [0.05, 0.1) is 32.3 Å². The van der Waals surface area contributed by atoms with Crippen LogP contribution in [0, 0.1) is 5.82 Å². The van der Waals surface area contributed by atoms with Crippen molar-refractivity contribution in [2.24, 2.45) is 0 Å². The number of aliphatic hydroxyl groups excluding tert-OH is 1. The summed E-state index contributed by atoms with van der Waals surface area (Å²) in [5.41, 5.74) is 0.375. The molecule has 27 heavy (non-hydrogen) atoms. The highest BCUT2D eigenvalue weighted by Gasteiger charge is 2.46. The maximum absolute atomic E-state index is 13.2. The molecule has 1 amide bonds. The first-order chi connectivity index (χ1) is 12.9. The van der Waals surface area contributed by atoms with Crippen LogP contribution in [-0.4, -0.2) is 48.9 Å². The third-order valence-corrected chi connectivity index (χ3v) is 5.47. The summed E-state index contributed by atoms with van der Waals surface area (Å²) in [7, 11) is 4.05. The van der Waals surface area contributed by atoms with E-state index < -0.39 is 23.5 Å². The molecule has 1 aliphatic rings. The van der Waals surface area contributed by atoms with Crippen molar-refractivity contribution in [3.8, 4) is 0 Å². The second kappa shape index (κ2) is 8.02. The van der Waals surface area contributed by atoms with Gasteiger partial charge in [0.25, 0.3) is 11.7 Å². The van der Waals surface area contributed by atoms with E-state index in [0.29, 0.717) is 12.1 Å². The lowest BCUT2D eigenvalue weighted by Crippen LogP contribution is -3.05. The number of hydrogen-bond acceptors (Lipinski definition) is 4. The number of rotatable bonds is 6. The molecule has 5 nitrogen and oxygen atoms in total. The van der Waals surface area contributed by atoms with Crippen LogP contribution < -0.4 is 4.90 Å². The van der Waals surface area contributed by atoms with Gasteiger partial charge in [0.1, 0.15) is 11.6 Å². The maximum atomic E-state index is 13.2. The minimum atomic E-state index is -0.701. The standard InChI is InChI=1S/C20H21FN2O3S/c1-22(2)10-4-11-23-17(15-5-3-12-27-15)16(19(25)20(23)26)18(24)13-6-8-14(21)9-7-13/h3,5-9,12,17,24H,4,10-11H2,1-2H3/p+1/t17-/m0/s1. The number of likely N-dealkylation sites (tertiary alicyclic amines) is 1. The van der Waals surface area contributed by atoms with Crippen molar-refractivity contribution < 1.29 is 24.0 Å². The van der Waals surface area contributed by atoms with E-state index in [1.807, 2.05) is 31.6 Å². The SMILES string of the molecule is C[NH+](C)CCCN1C(=O)C(=O)C(=C(O)c2ccc(F)cc2)[C@@H]1c1cccs1. The molecule has 142 valence electrons. The molecule has 7 heteroatoms. The molecule has 0 spiro atoms. The number of nitrogens with one attached hydrogen (secondary N) is 1. The molecule has 2 N–H and O–H groups in total. The van der Waals surface area contributed by atoms with E-state index in [1.165, 1.54) is 45.4 Å². The Labute approximate surface area is 161 Å². The lowest BCUT2D eigenvalue weighted by molar-refractivity contribution is -0.858. The molecule has 2 heterocycles. The molecule has 2 aromatic rings. The topological polar surface area (TPSA) is 62.0 Å². The van der Waals surface area contributed by atoms with Crippen molar-refractivity contribution in [1.29, 1.82) is 0 Å². The summed E-state index contributed by atoms with van der Waals surface area (Å²) in [6.45, 7) is 1.29. The number of aliphatic hydroxyl groups is 1. The Kier molecular flexibility index (Phi) is 5.72. The van der Waals surface area contributed by atoms with Crippen LogP contribution in [0.25, 0.3) is 5.76 Å². The van der Waals surface area contributed by atoms with Gasteiger partial charge < -0.3 is 14.9 Å². The first kappa shape index (κ1) is 19.3. The van der Waals surface area contributed by atoms with Crippen molar-refractivity contribution in [2.75, 3.05) is 27.2 Å². The lowest BCUT2D eigenvalue weighted by atomic mass is 10.00. The number of hydrogen-bond donors (Lipinski definition) is 2. The van der Waals surface area contributed by atoms with Gasteiger partial charge in [-0.1, -0.05) is 6.07 Å². The number of benzene rings is 1. The Balaban J connectivity index is 2.03. The zero-order chi connectivity index (χ0) is 19.6. The van der Waals surface area contributed by atoms with Gasteiger partial charge in [-0.15, -0.1) is 11.3 Å². The fourth-order valence-corrected chi connectivity index (χ4v) is 4.06. The largest absolute Gasteiger partial charge is 0.507 e. The van der Waals surface area contributed by atoms with Gasteiger partial charge >= 0.3 is 0 Å². The minimum Gasteiger partial charge on any atom is -0.507 e. The Hall–Kier alpha value is -2.51. The van der Waals surface area contributed by atoms with Crippen LogP contribution >= 0.6 is 11.3 Å². The van der Waals surface area contributed by atoms with E-state index in [-0.39, 0.29) is 11.3 Å². The molecule has 0 aliphatic carbocycles. The molecule has 1 fully saturated rings. The smallest absolute Gasteiger partial charge is 0.295 e. The number of quaternary nitrogens is 1. The average Bonchev–Trinajstić information content (AvgIpc) is 3.24. The fourth-order valence-electron chi connectivity index (χ4n) is 3.22. The number of Topliss-reactive ketones (excluding diaryl/α,β-unsaturated/α-hetero) is 1. The van der Waals surface area contributed by atoms with E-state index >= 15 is 0 Å². The van der Waals surface area contributed by atoms with Gasteiger partial charge in [-0.25, -0.2) is 4.39 Å². The summed E-state index contributed by atoms with van der Waals surface area (Å²) >= 11 is 1.43. The minimum absolute atomic E-state index is 0.0614. The Morgan fingerprint density at radius 2 is 1.93 bits per heavy atom. The van der Waals surface area contributed by atoms with E-state index in [9.17, 15) is 19.1 Å². The highest BCUT2D eigenvalue weighted by Crippen LogP contribution is 2.40. The van der Waals surface area contributed by atoms with E-state index in [0.717, 1.165) is 17.8 Å². The van der Waals surface area contributed by atoms with E-state index in [2.05, 4.69) is 0 Å². The Bertz CT molecular complexity index is 860. The van der Waals surface area contributed by atoms with Crippen LogP contribution in [0.1, 0.15) is 22.9 Å². The van der Waals surface area contributed by atoms with Crippen molar-refractivity contribution in [3.05, 3.63) is 63.6 Å². The summed E-state index contributed by atoms with van der Waals surface area (Å²) in [6, 6.07) is 8.31. The number of amides is 1. The summed E-state index contributed by atoms with van der Waals surface area (Å²) in [5.74, 6) is -2.02. The van der Waals surface area contributed by atoms with Crippen molar-refractivity contribution in [3.63, 3.8) is 0 Å². The molecule has 1 aromatic carbocycles. The van der Waals surface area contributed by atoms with Crippen LogP contribution in [0.2, 0.25) is 0 Å². The van der Waals surface area contributed by atoms with Crippen LogP contribution in [-0.2, 0) is 9.59 Å². The molecule has 0 bridgehead atoms. The number of carbonyl (C=O) groups excluding carboxylic acids is 2. The van der Waals surface area contributed by atoms with Crippen LogP contribution in [0.5, 0.6) is 0 Å². The highest BCUT2D eigenvalue weighted by molar-refractivity contribution is 7.10. The van der Waals surface area contributed by atoms with E-state index in [1.54, 1.807) is 0 Å². The third kappa shape index (κ3) is 3.94. The number of thiophene rings is 1. The summed E-state index contributed by atoms with van der Waals surface area (Å²) < 4.78 is 13.2. The number of carbonyl (C=O) groups is 2. The van der Waals surface area contributed by atoms with Crippen LogP contribution in [0.15, 0.2) is 47.4 Å². The number of ketones is 1. The Morgan fingerprint density at radius 1 is 1.22 bits per heavy atom. The number of halogens is 1. The van der Waals surface area contributed by atoms with Gasteiger partial charge in [0.2, 0.25) is 0 Å². The molecule has 1 aromatic heterocycles. The van der Waals surface area contributed by atoms with E-state index in [4.69, 9.17) is 0 Å². The highest BCUT2D eigenvalue weighted by atomic mass is 32.1. The zero-order valence-electron chi connectivity index (χ0n) is 15.2. The van der Waals surface area contributed by atoms with Gasteiger partial charge in [-0.2, -0.15) is 0 Å². The molecule has 0 saturated carbocycles. The molecule has 1 saturated heterocycles. The first-order valence-electron chi connectivity index (χ1n) is 8.77. The van der Waals surface area contributed by atoms with Gasteiger partial charge in [0.15, 0.2) is 0 Å². The maximum Gasteiger partial charge on any atom is 0.295 e. The van der Waals surface area contributed by atoms with Crippen molar-refractivity contribution in [2.45, 2.75) is 12.5 Å². The Morgan fingerprint density at radius 3 is 2.52 bits per heavy atom. The van der Waals surface area contributed by atoms with Gasteiger partial charge in [-0.05, 0) is 35.7 Å². The van der Waals surface area contributed by atoms with Gasteiger partial charge in [-0.3, -0.25) is 9.59 Å². The predicted molar refractivity (Wildman–Crippen MR) is 102 cm³/mol. The summed E-state index contributed by atoms with van der Waals surface area (Å²) in [4.78, 5) is 29.0.